The van der Waals surface area contributed by atoms with Gasteiger partial charge in [0.25, 0.3) is 0 Å². The van der Waals surface area contributed by atoms with E-state index < -0.39 is 11.6 Å². The quantitative estimate of drug-likeness (QED) is 0.474. The van der Waals surface area contributed by atoms with Crippen LogP contribution >= 0.6 is 17.0 Å². The van der Waals surface area contributed by atoms with Crippen molar-refractivity contribution in [2.24, 2.45) is 0 Å². The Hall–Kier alpha value is -1.34. The monoisotopic (exact) mass is 469 g/mol. The molecule has 2 aromatic rings. The second-order valence-corrected chi connectivity index (χ2v) is 7.57. The average molecular weight is 470 g/mol. The molecule has 1 aliphatic heterocycles. The molecule has 0 aliphatic carbocycles. The van der Waals surface area contributed by atoms with Crippen molar-refractivity contribution in [1.29, 1.82) is 0 Å². The van der Waals surface area contributed by atoms with Gasteiger partial charge >= 0.3 is 0 Å². The fraction of sp³-hybridized carbons (Fsp3) is 0.478. The molecule has 3 nitrogen and oxygen atoms in total. The van der Waals surface area contributed by atoms with E-state index in [2.05, 4.69) is 0 Å². The summed E-state index contributed by atoms with van der Waals surface area (Å²) >= 11 is 0. The molecule has 0 radical (unpaired) electrons. The number of nitrogens with zero attached hydrogens (tertiary/aromatic N) is 1. The minimum absolute atomic E-state index is 0. The van der Waals surface area contributed by atoms with Gasteiger partial charge in [0.05, 0.1) is 19.8 Å². The Morgan fingerprint density at radius 2 is 1.72 bits per heavy atom. The summed E-state index contributed by atoms with van der Waals surface area (Å²) in [6, 6.07) is 10.1. The number of hydrogen-bond donors (Lipinski definition) is 0. The lowest BCUT2D eigenvalue weighted by Gasteiger charge is -2.29. The van der Waals surface area contributed by atoms with Crippen LogP contribution in [0.2, 0.25) is 0 Å². The van der Waals surface area contributed by atoms with E-state index in [4.69, 9.17) is 9.57 Å². The molecular formula is C23H30BrF2NO2. The number of aryl methyl sites for hydroxylation is 2. The molecule has 0 saturated carbocycles. The molecule has 2 aromatic carbocycles. The molecule has 1 heterocycles. The number of benzene rings is 2. The number of rotatable bonds is 8. The highest BCUT2D eigenvalue weighted by Crippen LogP contribution is 2.30. The van der Waals surface area contributed by atoms with E-state index in [9.17, 15) is 8.78 Å². The molecule has 1 fully saturated rings. The van der Waals surface area contributed by atoms with Crippen molar-refractivity contribution in [1.82, 2.24) is 5.06 Å². The van der Waals surface area contributed by atoms with Crippen molar-refractivity contribution in [3.63, 3.8) is 0 Å². The minimum atomic E-state index is -0.501. The molecule has 1 saturated heterocycles. The molecule has 0 bridgehead atoms. The summed E-state index contributed by atoms with van der Waals surface area (Å²) in [5.41, 5.74) is 3.49. The number of hydrogen-bond acceptors (Lipinski definition) is 3. The van der Waals surface area contributed by atoms with E-state index >= 15 is 0 Å². The van der Waals surface area contributed by atoms with Crippen molar-refractivity contribution < 1.29 is 18.4 Å². The third-order valence-electron chi connectivity index (χ3n) is 5.58. The van der Waals surface area contributed by atoms with Gasteiger partial charge in [0, 0.05) is 24.6 Å². The lowest BCUT2D eigenvalue weighted by atomic mass is 9.85. The van der Waals surface area contributed by atoms with Gasteiger partial charge in [-0.1, -0.05) is 24.3 Å². The Balaban J connectivity index is 0.00000300. The normalized spacial score (nSPS) is 17.4. The molecule has 1 aliphatic rings. The third kappa shape index (κ3) is 6.07. The van der Waals surface area contributed by atoms with Gasteiger partial charge in [0.2, 0.25) is 0 Å². The van der Waals surface area contributed by atoms with Crippen LogP contribution in [-0.2, 0) is 16.0 Å². The van der Waals surface area contributed by atoms with Crippen LogP contribution in [0.3, 0.4) is 0 Å². The van der Waals surface area contributed by atoms with Gasteiger partial charge in [-0.05, 0) is 61.9 Å². The highest BCUT2D eigenvalue weighted by molar-refractivity contribution is 8.93. The predicted octanol–water partition coefficient (Wildman–Crippen LogP) is 5.53. The zero-order valence-electron chi connectivity index (χ0n) is 17.3. The lowest BCUT2D eigenvalue weighted by molar-refractivity contribution is -0.152. The molecular weight excluding hydrogens is 440 g/mol. The van der Waals surface area contributed by atoms with Crippen LogP contribution in [0, 0.1) is 25.5 Å². The summed E-state index contributed by atoms with van der Waals surface area (Å²) in [7, 11) is 1.64. The van der Waals surface area contributed by atoms with Crippen LogP contribution in [0.15, 0.2) is 36.4 Å². The zero-order chi connectivity index (χ0) is 20.1. The van der Waals surface area contributed by atoms with Crippen molar-refractivity contribution >= 4 is 17.0 Å². The first-order chi connectivity index (χ1) is 13.5. The standard InChI is InChI=1S/C23H29F2NO2.BrH/c1-16-7-4-8-17(2)23(16)18(13-20-21(24)10-5-11-22(20)25)14-26(27-3)15-19-9-6-12-28-19;/h4-5,7-8,10-11,18-19H,6,9,12-15H2,1-3H3;1H. The molecule has 6 heteroatoms. The predicted molar refractivity (Wildman–Crippen MR) is 117 cm³/mol. The van der Waals surface area contributed by atoms with Gasteiger partial charge in [0.15, 0.2) is 0 Å². The van der Waals surface area contributed by atoms with Crippen LogP contribution in [-0.4, -0.2) is 38.0 Å². The van der Waals surface area contributed by atoms with Crippen molar-refractivity contribution in [2.45, 2.75) is 45.1 Å². The summed E-state index contributed by atoms with van der Waals surface area (Å²) < 4.78 is 34.5. The zero-order valence-corrected chi connectivity index (χ0v) is 19.0. The molecule has 160 valence electrons. The minimum Gasteiger partial charge on any atom is -0.377 e. The molecule has 0 N–H and O–H groups in total. The van der Waals surface area contributed by atoms with Crippen LogP contribution in [0.4, 0.5) is 8.78 Å². The number of ether oxygens (including phenoxy) is 1. The Labute approximate surface area is 182 Å². The third-order valence-corrected chi connectivity index (χ3v) is 5.58. The SMILES string of the molecule is Br.CON(CC1CCCO1)CC(Cc1c(F)cccc1F)c1c(C)cccc1C. The molecule has 0 spiro atoms. The van der Waals surface area contributed by atoms with Crippen molar-refractivity contribution in [3.8, 4) is 0 Å². The lowest BCUT2D eigenvalue weighted by Crippen LogP contribution is -2.35. The Kier molecular flexibility index (Phi) is 9.21. The van der Waals surface area contributed by atoms with Crippen LogP contribution in [0.5, 0.6) is 0 Å². The second-order valence-electron chi connectivity index (χ2n) is 7.57. The first-order valence-electron chi connectivity index (χ1n) is 9.89. The van der Waals surface area contributed by atoms with E-state index in [1.807, 2.05) is 37.1 Å². The summed E-state index contributed by atoms with van der Waals surface area (Å²) in [4.78, 5) is 5.61. The van der Waals surface area contributed by atoms with Gasteiger partial charge < -0.3 is 9.57 Å². The maximum Gasteiger partial charge on any atom is 0.129 e. The second kappa shape index (κ2) is 11.2. The Morgan fingerprint density at radius 3 is 2.28 bits per heavy atom. The van der Waals surface area contributed by atoms with Gasteiger partial charge in [-0.3, -0.25) is 0 Å². The summed E-state index contributed by atoms with van der Waals surface area (Å²) in [5.74, 6) is -1.10. The molecule has 0 aromatic heterocycles. The number of hydroxylamine groups is 2. The van der Waals surface area contributed by atoms with E-state index in [1.54, 1.807) is 7.11 Å². The van der Waals surface area contributed by atoms with E-state index in [0.29, 0.717) is 13.1 Å². The van der Waals surface area contributed by atoms with Crippen LogP contribution < -0.4 is 0 Å². The maximum absolute atomic E-state index is 14.4. The molecule has 29 heavy (non-hydrogen) atoms. The highest BCUT2D eigenvalue weighted by atomic mass is 79.9. The summed E-state index contributed by atoms with van der Waals surface area (Å²) in [5, 5.41) is 1.87. The van der Waals surface area contributed by atoms with Crippen LogP contribution in [0.1, 0.15) is 41.0 Å². The largest absolute Gasteiger partial charge is 0.377 e. The first-order valence-corrected chi connectivity index (χ1v) is 9.89. The van der Waals surface area contributed by atoms with E-state index in [1.165, 1.54) is 18.2 Å². The van der Waals surface area contributed by atoms with E-state index in [-0.39, 0.29) is 41.0 Å². The molecule has 2 unspecified atom stereocenters. The van der Waals surface area contributed by atoms with Gasteiger partial charge in [-0.25, -0.2) is 8.78 Å². The van der Waals surface area contributed by atoms with Gasteiger partial charge in [-0.15, -0.1) is 17.0 Å². The van der Waals surface area contributed by atoms with Crippen molar-refractivity contribution in [3.05, 3.63) is 70.3 Å². The fourth-order valence-corrected chi connectivity index (χ4v) is 4.19. The summed E-state index contributed by atoms with van der Waals surface area (Å²) in [6.07, 6.45) is 2.48. The average Bonchev–Trinajstić information content (AvgIpc) is 3.16. The topological polar surface area (TPSA) is 21.7 Å². The smallest absolute Gasteiger partial charge is 0.129 e. The van der Waals surface area contributed by atoms with Gasteiger partial charge in [0.1, 0.15) is 11.6 Å². The Morgan fingerprint density at radius 1 is 1.10 bits per heavy atom. The number of halogens is 3. The Bertz CT molecular complexity index is 756. The summed E-state index contributed by atoms with van der Waals surface area (Å²) in [6.45, 7) is 6.06. The van der Waals surface area contributed by atoms with Crippen molar-refractivity contribution in [2.75, 3.05) is 26.8 Å². The fourth-order valence-electron chi connectivity index (χ4n) is 4.19. The molecule has 2 atom stereocenters. The van der Waals surface area contributed by atoms with Gasteiger partial charge in [-0.2, -0.15) is 5.06 Å². The maximum atomic E-state index is 14.4. The molecule has 0 amide bonds. The van der Waals surface area contributed by atoms with E-state index in [0.717, 1.165) is 36.1 Å². The molecule has 3 rings (SSSR count). The highest BCUT2D eigenvalue weighted by Gasteiger charge is 2.26. The van der Waals surface area contributed by atoms with Crippen LogP contribution in [0.25, 0.3) is 0 Å². The first kappa shape index (κ1) is 23.9.